The Morgan fingerprint density at radius 1 is 1.18 bits per heavy atom. The molecule has 3 heterocycles. The van der Waals surface area contributed by atoms with Crippen molar-refractivity contribution in [1.29, 1.82) is 0 Å². The number of aromatic amines is 2. The van der Waals surface area contributed by atoms with Crippen LogP contribution in [0.1, 0.15) is 39.3 Å². The number of para-hydroxylation sites is 1. The van der Waals surface area contributed by atoms with Gasteiger partial charge >= 0.3 is 0 Å². The summed E-state index contributed by atoms with van der Waals surface area (Å²) in [6.45, 7) is 6.54. The number of rotatable bonds is 6. The molecule has 1 aliphatic carbocycles. The fourth-order valence-electron chi connectivity index (χ4n) is 5.25. The van der Waals surface area contributed by atoms with E-state index in [9.17, 15) is 15.0 Å². The number of aliphatic hydroxyl groups excluding tert-OH is 1. The van der Waals surface area contributed by atoms with Crippen molar-refractivity contribution < 1.29 is 15.0 Å². The van der Waals surface area contributed by atoms with Crippen molar-refractivity contribution >= 4 is 22.4 Å². The van der Waals surface area contributed by atoms with Crippen LogP contribution >= 0.6 is 0 Å². The lowest BCUT2D eigenvalue weighted by atomic mass is 9.89. The van der Waals surface area contributed by atoms with Gasteiger partial charge in [-0.25, -0.2) is 0 Å². The Balaban J connectivity index is 1.33. The molecule has 1 atom stereocenters. The summed E-state index contributed by atoms with van der Waals surface area (Å²) in [4.78, 5) is 24.2. The molecule has 1 amide bonds. The van der Waals surface area contributed by atoms with E-state index in [4.69, 9.17) is 0 Å². The third-order valence-electron chi connectivity index (χ3n) is 7.05. The maximum absolute atomic E-state index is 13.2. The molecule has 5 N–H and O–H groups in total. The number of β-amino-alcohol motifs (C(OH)–C–C–N with tert-alkyl or cyclic N) is 1. The van der Waals surface area contributed by atoms with Gasteiger partial charge in [-0.3, -0.25) is 9.69 Å². The molecule has 3 aromatic rings. The number of benzene rings is 1. The second-order valence-electron chi connectivity index (χ2n) is 9.50. The monoisotopic (exact) mass is 463 g/mol. The van der Waals surface area contributed by atoms with Crippen LogP contribution in [0.25, 0.3) is 16.5 Å². The number of allylic oxidation sites excluding steroid dienone is 1. The molecule has 0 saturated carbocycles. The standard InChI is InChI=1S/C26H33N5O3/c1-16-22(25(33)27-14-17(32)15-31-12-10-30(2)11-13-31)19-7-5-8-20(24(19)28-16)23-18-6-3-4-9-21(18)29-26(23)34/h3-4,6,8-9,17,28-29,32,34H,5,7,10-15H2,1-2H3,(H,27,33). The van der Waals surface area contributed by atoms with Gasteiger partial charge in [-0.05, 0) is 38.4 Å². The SMILES string of the molecule is Cc1[nH]c2c(c1C(=O)NCC(O)CN1CCN(C)CC1)CCC=C2c1c(O)[nH]c2ccccc12. The number of carbonyl (C=O) groups excluding carboxylic acids is 1. The number of carbonyl (C=O) groups is 1. The number of H-pyrrole nitrogens is 2. The zero-order chi connectivity index (χ0) is 23.8. The predicted octanol–water partition coefficient (Wildman–Crippen LogP) is 2.23. The van der Waals surface area contributed by atoms with Gasteiger partial charge < -0.3 is 30.4 Å². The van der Waals surface area contributed by atoms with Crippen LogP contribution in [-0.4, -0.2) is 88.3 Å². The predicted molar refractivity (Wildman–Crippen MR) is 133 cm³/mol. The quantitative estimate of drug-likeness (QED) is 0.385. The van der Waals surface area contributed by atoms with Crippen LogP contribution in [0.4, 0.5) is 0 Å². The summed E-state index contributed by atoms with van der Waals surface area (Å²) in [6, 6.07) is 7.81. The van der Waals surface area contributed by atoms with Crippen molar-refractivity contribution in [2.45, 2.75) is 25.9 Å². The summed E-state index contributed by atoms with van der Waals surface area (Å²) in [5.74, 6) is -0.0394. The van der Waals surface area contributed by atoms with Crippen LogP contribution in [0.3, 0.4) is 0 Å². The highest BCUT2D eigenvalue weighted by Crippen LogP contribution is 2.41. The average molecular weight is 464 g/mol. The lowest BCUT2D eigenvalue weighted by Gasteiger charge is -2.33. The lowest BCUT2D eigenvalue weighted by molar-refractivity contribution is 0.0737. The van der Waals surface area contributed by atoms with E-state index in [0.717, 1.165) is 78.0 Å². The Morgan fingerprint density at radius 3 is 2.74 bits per heavy atom. The first-order chi connectivity index (χ1) is 16.4. The van der Waals surface area contributed by atoms with Crippen LogP contribution in [0.15, 0.2) is 30.3 Å². The fraction of sp³-hybridized carbons (Fsp3) is 0.423. The molecule has 1 saturated heterocycles. The maximum atomic E-state index is 13.2. The number of nitrogens with one attached hydrogen (secondary N) is 3. The Morgan fingerprint density at radius 2 is 1.94 bits per heavy atom. The first kappa shape index (κ1) is 22.7. The smallest absolute Gasteiger partial charge is 0.253 e. The molecule has 1 aromatic carbocycles. The molecule has 5 rings (SSSR count). The lowest BCUT2D eigenvalue weighted by Crippen LogP contribution is -2.48. The van der Waals surface area contributed by atoms with E-state index in [1.807, 2.05) is 31.2 Å². The number of likely N-dealkylation sites (N-methyl/N-ethyl adjacent to an activating group) is 1. The van der Waals surface area contributed by atoms with E-state index in [0.29, 0.717) is 12.1 Å². The number of aliphatic hydroxyl groups is 1. The molecule has 8 heteroatoms. The van der Waals surface area contributed by atoms with Crippen LogP contribution in [0, 0.1) is 6.92 Å². The van der Waals surface area contributed by atoms with E-state index in [1.165, 1.54) is 0 Å². The number of amides is 1. The van der Waals surface area contributed by atoms with Crippen molar-refractivity contribution in [3.8, 4) is 5.88 Å². The zero-order valence-corrected chi connectivity index (χ0v) is 19.8. The minimum atomic E-state index is -0.610. The fourth-order valence-corrected chi connectivity index (χ4v) is 5.25. The summed E-state index contributed by atoms with van der Waals surface area (Å²) in [5, 5.41) is 25.1. The number of nitrogens with zero attached hydrogens (tertiary/aromatic N) is 2. The molecule has 0 bridgehead atoms. The maximum Gasteiger partial charge on any atom is 0.253 e. The summed E-state index contributed by atoms with van der Waals surface area (Å²) in [7, 11) is 2.11. The number of hydrogen-bond donors (Lipinski definition) is 5. The number of aromatic nitrogens is 2. The van der Waals surface area contributed by atoms with Crippen LogP contribution in [0.2, 0.25) is 0 Å². The number of piperazine rings is 1. The van der Waals surface area contributed by atoms with Crippen LogP contribution in [-0.2, 0) is 6.42 Å². The number of aryl methyl sites for hydroxylation is 1. The van der Waals surface area contributed by atoms with Gasteiger partial charge in [-0.1, -0.05) is 24.3 Å². The van der Waals surface area contributed by atoms with Crippen molar-refractivity contribution in [2.24, 2.45) is 0 Å². The van der Waals surface area contributed by atoms with Crippen LogP contribution in [0.5, 0.6) is 5.88 Å². The first-order valence-corrected chi connectivity index (χ1v) is 12.0. The molecule has 1 fully saturated rings. The Hall–Kier alpha value is -3.07. The van der Waals surface area contributed by atoms with Gasteiger partial charge in [0.2, 0.25) is 0 Å². The Bertz CT molecular complexity index is 1230. The molecule has 1 unspecified atom stereocenters. The van der Waals surface area contributed by atoms with Gasteiger partial charge in [0.15, 0.2) is 5.88 Å². The van der Waals surface area contributed by atoms with Crippen molar-refractivity contribution in [3.63, 3.8) is 0 Å². The van der Waals surface area contributed by atoms with Gasteiger partial charge in [0.1, 0.15) is 0 Å². The second kappa shape index (κ2) is 9.29. The third kappa shape index (κ3) is 4.24. The van der Waals surface area contributed by atoms with E-state index in [1.54, 1.807) is 0 Å². The molecule has 1 aliphatic heterocycles. The van der Waals surface area contributed by atoms with Crippen molar-refractivity contribution in [2.75, 3.05) is 46.3 Å². The Labute approximate surface area is 199 Å². The normalized spacial score (nSPS) is 18.0. The Kier molecular flexibility index (Phi) is 6.20. The number of aromatic hydroxyl groups is 1. The molecule has 34 heavy (non-hydrogen) atoms. The van der Waals surface area contributed by atoms with Gasteiger partial charge in [0.05, 0.1) is 22.9 Å². The third-order valence-corrected chi connectivity index (χ3v) is 7.05. The number of fused-ring (bicyclic) bond motifs is 2. The van der Waals surface area contributed by atoms with Gasteiger partial charge in [-0.15, -0.1) is 0 Å². The first-order valence-electron chi connectivity index (χ1n) is 12.0. The van der Waals surface area contributed by atoms with Gasteiger partial charge in [0, 0.05) is 61.4 Å². The summed E-state index contributed by atoms with van der Waals surface area (Å²) < 4.78 is 0. The van der Waals surface area contributed by atoms with Gasteiger partial charge in [-0.2, -0.15) is 0 Å². The van der Waals surface area contributed by atoms with E-state index < -0.39 is 6.10 Å². The molecule has 0 radical (unpaired) electrons. The largest absolute Gasteiger partial charge is 0.494 e. The summed E-state index contributed by atoms with van der Waals surface area (Å²) in [5.41, 5.74) is 5.83. The topological polar surface area (TPSA) is 108 Å². The summed E-state index contributed by atoms with van der Waals surface area (Å²) in [6.07, 6.45) is 3.04. The van der Waals surface area contributed by atoms with E-state index in [2.05, 4.69) is 38.2 Å². The van der Waals surface area contributed by atoms with Crippen LogP contribution < -0.4 is 5.32 Å². The highest BCUT2D eigenvalue weighted by atomic mass is 16.3. The molecule has 2 aromatic heterocycles. The van der Waals surface area contributed by atoms with E-state index in [-0.39, 0.29) is 18.3 Å². The molecule has 8 nitrogen and oxygen atoms in total. The van der Waals surface area contributed by atoms with Gasteiger partial charge in [0.25, 0.3) is 5.91 Å². The minimum Gasteiger partial charge on any atom is -0.494 e. The highest BCUT2D eigenvalue weighted by molar-refractivity contribution is 6.03. The zero-order valence-electron chi connectivity index (χ0n) is 19.8. The molecule has 2 aliphatic rings. The highest BCUT2D eigenvalue weighted by Gasteiger charge is 2.28. The van der Waals surface area contributed by atoms with Crippen molar-refractivity contribution in [1.82, 2.24) is 25.1 Å². The number of hydrogen-bond acceptors (Lipinski definition) is 5. The molecule has 180 valence electrons. The average Bonchev–Trinajstić information content (AvgIpc) is 3.34. The molecular weight excluding hydrogens is 430 g/mol. The minimum absolute atomic E-state index is 0.130. The molecular formula is C26H33N5O3. The summed E-state index contributed by atoms with van der Waals surface area (Å²) >= 11 is 0. The van der Waals surface area contributed by atoms with E-state index >= 15 is 0 Å². The second-order valence-corrected chi connectivity index (χ2v) is 9.50. The van der Waals surface area contributed by atoms with Crippen molar-refractivity contribution in [3.05, 3.63) is 58.4 Å². The molecule has 0 spiro atoms.